The molecule has 0 heterocycles. The summed E-state index contributed by atoms with van der Waals surface area (Å²) in [6.45, 7) is 2.32. The van der Waals surface area contributed by atoms with Crippen molar-refractivity contribution >= 4 is 10.1 Å². The first kappa shape index (κ1) is 15.8. The summed E-state index contributed by atoms with van der Waals surface area (Å²) >= 11 is 1.19. The molecule has 84 valence electrons. The van der Waals surface area contributed by atoms with Gasteiger partial charge in [-0.05, 0) is 0 Å². The Kier molecular flexibility index (Phi) is 8.77. The number of carbonyl (C=O) groups excluding carboxylic acids is 1. The molecular weight excluding hydrogens is 321 g/mol. The molecule has 1 aromatic carbocycles. The fraction of sp³-hybridized carbons (Fsp3) is 0.417. The molecule has 0 spiro atoms. The van der Waals surface area contributed by atoms with Gasteiger partial charge in [-0.25, -0.2) is 0 Å². The molecule has 0 N–H and O–H groups in total. The van der Waals surface area contributed by atoms with E-state index in [1.807, 2.05) is 6.92 Å². The summed E-state index contributed by atoms with van der Waals surface area (Å²) in [5, 5.41) is 0. The van der Waals surface area contributed by atoms with Crippen LogP contribution in [0.3, 0.4) is 0 Å². The Morgan fingerprint density at radius 2 is 2.19 bits per heavy atom. The quantitative estimate of drug-likeness (QED) is 0.496. The van der Waals surface area contributed by atoms with Gasteiger partial charge < -0.3 is 17.0 Å². The van der Waals surface area contributed by atoms with E-state index < -0.39 is 0 Å². The van der Waals surface area contributed by atoms with Crippen LogP contribution in [0.1, 0.15) is 25.3 Å². The van der Waals surface area contributed by atoms with Crippen molar-refractivity contribution in [3.05, 3.63) is 29.8 Å². The fourth-order valence-electron chi connectivity index (χ4n) is 1.46. The van der Waals surface area contributed by atoms with Crippen molar-refractivity contribution in [1.82, 2.24) is 0 Å². The molecule has 0 amide bonds. The van der Waals surface area contributed by atoms with Crippen LogP contribution in [-0.4, -0.2) is 12.6 Å². The third kappa shape index (κ3) is 6.39. The van der Waals surface area contributed by atoms with E-state index in [0.717, 1.165) is 12.8 Å². The molecule has 0 radical (unpaired) electrons. The van der Waals surface area contributed by atoms with Crippen LogP contribution in [-0.2, 0) is 34.3 Å². The van der Waals surface area contributed by atoms with Gasteiger partial charge in [-0.1, -0.05) is 0 Å². The molecule has 0 bridgehead atoms. The van der Waals surface area contributed by atoms with E-state index in [1.54, 1.807) is 0 Å². The summed E-state index contributed by atoms with van der Waals surface area (Å²) in [4.78, 5) is 11.1. The summed E-state index contributed by atoms with van der Waals surface area (Å²) in [5.41, 5.74) is 1.32. The largest absolute Gasteiger partial charge is 1.00 e. The molecule has 0 unspecified atom stereocenters. The van der Waals surface area contributed by atoms with E-state index in [0.29, 0.717) is 13.0 Å². The van der Waals surface area contributed by atoms with E-state index in [-0.39, 0.29) is 23.0 Å². The standard InChI is InChI=1S/C12H15O2.BrH.Zn/c1-2-14-12(13)10-6-9-11-7-4-3-5-8-11;;/h3-4,7-8H,2,6,9-10H2,1H3;1H;/q;;+1/p-1. The molecule has 0 atom stereocenters. The van der Waals surface area contributed by atoms with E-state index in [9.17, 15) is 4.79 Å². The van der Waals surface area contributed by atoms with Gasteiger partial charge in [-0.2, -0.15) is 0 Å². The van der Waals surface area contributed by atoms with Crippen LogP contribution < -0.4 is 21.1 Å². The van der Waals surface area contributed by atoms with Crippen molar-refractivity contribution in [3.63, 3.8) is 0 Å². The second kappa shape index (κ2) is 8.89. The minimum absolute atomic E-state index is 0. The zero-order valence-electron chi connectivity index (χ0n) is 9.54. The molecule has 0 aliphatic rings. The molecule has 0 aliphatic heterocycles. The summed E-state index contributed by atoms with van der Waals surface area (Å²) in [6.07, 6.45) is 2.37. The number of hydrogen-bond donors (Lipinski definition) is 0. The van der Waals surface area contributed by atoms with Gasteiger partial charge in [0.1, 0.15) is 0 Å². The van der Waals surface area contributed by atoms with Crippen LogP contribution in [0.2, 0.25) is 0 Å². The Morgan fingerprint density at radius 3 is 2.81 bits per heavy atom. The first-order valence-corrected chi connectivity index (χ1v) is 6.77. The van der Waals surface area contributed by atoms with Crippen molar-refractivity contribution in [2.24, 2.45) is 0 Å². The minimum Gasteiger partial charge on any atom is -1.00 e. The average molecular weight is 337 g/mol. The number of carbonyl (C=O) groups is 1. The maximum atomic E-state index is 11.1. The molecule has 0 fully saturated rings. The third-order valence-electron chi connectivity index (χ3n) is 2.14. The van der Waals surface area contributed by atoms with Crippen molar-refractivity contribution in [2.45, 2.75) is 26.2 Å². The number of benzene rings is 1. The third-order valence-corrected chi connectivity index (χ3v) is 3.07. The molecule has 4 heteroatoms. The van der Waals surface area contributed by atoms with Crippen molar-refractivity contribution in [2.75, 3.05) is 6.61 Å². The van der Waals surface area contributed by atoms with Gasteiger partial charge in [-0.3, -0.25) is 0 Å². The molecule has 0 saturated carbocycles. The molecule has 2 nitrogen and oxygen atoms in total. The molecule has 16 heavy (non-hydrogen) atoms. The molecular formula is C12H15BrO2Zn. The minimum atomic E-state index is -0.0846. The molecule has 1 aromatic rings. The Bertz CT molecular complexity index is 329. The first-order valence-electron chi connectivity index (χ1n) is 5.29. The maximum Gasteiger partial charge on any atom is -1.00 e. The average Bonchev–Trinajstić information content (AvgIpc) is 2.18. The summed E-state index contributed by atoms with van der Waals surface area (Å²) < 4.78 is 6.26. The van der Waals surface area contributed by atoms with Crippen molar-refractivity contribution in [1.29, 1.82) is 0 Å². The molecule has 0 saturated heterocycles. The summed E-state index contributed by atoms with van der Waals surface area (Å²) in [7, 11) is 0. The zero-order chi connectivity index (χ0) is 11.1. The van der Waals surface area contributed by atoms with Crippen molar-refractivity contribution < 1.29 is 44.8 Å². The normalized spacial score (nSPS) is 9.44. The van der Waals surface area contributed by atoms with E-state index >= 15 is 0 Å². The van der Waals surface area contributed by atoms with E-state index in [4.69, 9.17) is 4.74 Å². The second-order valence-corrected chi connectivity index (χ2v) is 5.19. The number of halogens is 1. The van der Waals surface area contributed by atoms with Crippen molar-refractivity contribution in [3.8, 4) is 0 Å². The van der Waals surface area contributed by atoms with Gasteiger partial charge in [0, 0.05) is 0 Å². The smallest absolute Gasteiger partial charge is 1.00 e. The topological polar surface area (TPSA) is 26.3 Å². The molecule has 0 aromatic heterocycles. The maximum absolute atomic E-state index is 11.1. The molecule has 0 aliphatic carbocycles. The van der Waals surface area contributed by atoms with E-state index in [2.05, 4.69) is 24.3 Å². The van der Waals surface area contributed by atoms with Crippen LogP contribution in [0.25, 0.3) is 0 Å². The Labute approximate surface area is 117 Å². The van der Waals surface area contributed by atoms with Crippen LogP contribution in [0.4, 0.5) is 0 Å². The summed E-state index contributed by atoms with van der Waals surface area (Å²) in [5.74, 6) is -0.0846. The number of rotatable bonds is 5. The van der Waals surface area contributed by atoms with Gasteiger partial charge in [-0.15, -0.1) is 0 Å². The summed E-state index contributed by atoms with van der Waals surface area (Å²) in [6, 6.07) is 8.54. The van der Waals surface area contributed by atoms with Crippen LogP contribution in [0, 0.1) is 0 Å². The van der Waals surface area contributed by atoms with Gasteiger partial charge in [0.15, 0.2) is 0 Å². The van der Waals surface area contributed by atoms with Crippen LogP contribution in [0.5, 0.6) is 0 Å². The predicted octanol–water partition coefficient (Wildman–Crippen LogP) is -1.25. The second-order valence-electron chi connectivity index (χ2n) is 3.48. The Hall–Kier alpha value is -0.207. The monoisotopic (exact) mass is 334 g/mol. The number of hydrogen-bond acceptors (Lipinski definition) is 2. The zero-order valence-corrected chi connectivity index (χ0v) is 14.1. The fourth-order valence-corrected chi connectivity index (χ4v) is 2.29. The van der Waals surface area contributed by atoms with E-state index in [1.165, 1.54) is 28.0 Å². The number of aryl methyl sites for hydroxylation is 1. The van der Waals surface area contributed by atoms with Crippen LogP contribution in [0.15, 0.2) is 24.3 Å². The Morgan fingerprint density at radius 1 is 1.44 bits per heavy atom. The SMILES string of the molecule is CCOC(=O)CCCc1ccc[c]([Zn+])c1.[Br-]. The number of ether oxygens (including phenoxy) is 1. The van der Waals surface area contributed by atoms with Crippen LogP contribution >= 0.6 is 0 Å². The van der Waals surface area contributed by atoms with Gasteiger partial charge in [0.2, 0.25) is 0 Å². The molecule has 1 rings (SSSR count). The van der Waals surface area contributed by atoms with Gasteiger partial charge in [0.25, 0.3) is 0 Å². The number of esters is 1. The van der Waals surface area contributed by atoms with Gasteiger partial charge in [0.05, 0.1) is 0 Å². The Balaban J connectivity index is 0.00000225. The predicted molar refractivity (Wildman–Crippen MR) is 55.6 cm³/mol. The first-order chi connectivity index (χ1) is 7.22. The van der Waals surface area contributed by atoms with Gasteiger partial charge >= 0.3 is 101 Å².